The van der Waals surface area contributed by atoms with E-state index < -0.39 is 80.5 Å². The number of fused-ring (bicyclic) bond motifs is 2. The number of nitrogens with one attached hydrogen (secondary N) is 3. The summed E-state index contributed by atoms with van der Waals surface area (Å²) in [6, 6.07) is -2.33. The van der Waals surface area contributed by atoms with Crippen molar-refractivity contribution < 1.29 is 46.6 Å². The number of methoxy groups -OCH3 is 1. The van der Waals surface area contributed by atoms with Gasteiger partial charge in [0.15, 0.2) is 0 Å². The molecule has 4 rings (SSSR count). The number of rotatable bonds is 7. The molecular weight excluding hydrogens is 619 g/mol. The number of carbonyl (C=O) groups is 4. The van der Waals surface area contributed by atoms with Gasteiger partial charge in [0.2, 0.25) is 21.8 Å². The predicted octanol–water partition coefficient (Wildman–Crippen LogP) is 0.844. The van der Waals surface area contributed by atoms with Crippen molar-refractivity contribution in [3.8, 4) is 0 Å². The first-order chi connectivity index (χ1) is 20.6. The number of alkyl halides is 1. The molecule has 4 aliphatic rings. The number of carbonyl (C=O) groups excluding carboxylic acids is 4. The highest BCUT2D eigenvalue weighted by molar-refractivity contribution is 7.99. The van der Waals surface area contributed by atoms with Crippen LogP contribution in [0.4, 0.5) is 9.18 Å². The third kappa shape index (κ3) is 7.61. The number of amides is 4. The number of hydrogen-bond acceptors (Lipinski definition) is 10. The minimum absolute atomic E-state index is 0.103. The Labute approximate surface area is 262 Å². The average Bonchev–Trinajstić information content (AvgIpc) is 3.83. The van der Waals surface area contributed by atoms with Gasteiger partial charge in [-0.3, -0.25) is 19.1 Å². The first-order valence-corrected chi connectivity index (χ1v) is 17.7. The van der Waals surface area contributed by atoms with Gasteiger partial charge in [0.25, 0.3) is 5.91 Å². The molecule has 0 aromatic carbocycles. The first kappa shape index (κ1) is 34.7. The van der Waals surface area contributed by atoms with E-state index in [0.29, 0.717) is 24.3 Å². The Bertz CT molecular complexity index is 1230. The van der Waals surface area contributed by atoms with Crippen LogP contribution in [0.5, 0.6) is 0 Å². The summed E-state index contributed by atoms with van der Waals surface area (Å²) in [7, 11) is -2.83. The zero-order chi connectivity index (χ0) is 32.5. The fourth-order valence-electron chi connectivity index (χ4n) is 5.99. The van der Waals surface area contributed by atoms with E-state index >= 15 is 0 Å². The maximum absolute atomic E-state index is 14.1. The van der Waals surface area contributed by atoms with Gasteiger partial charge >= 0.3 is 6.09 Å². The fourth-order valence-corrected chi connectivity index (χ4v) is 8.58. The van der Waals surface area contributed by atoms with Crippen molar-refractivity contribution in [2.24, 2.45) is 11.8 Å². The second kappa shape index (κ2) is 13.3. The second-order valence-corrected chi connectivity index (χ2v) is 16.6. The fraction of sp³-hybridized carbons (Fsp3) is 0.857. The van der Waals surface area contributed by atoms with Gasteiger partial charge < -0.3 is 30.1 Å². The zero-order valence-corrected chi connectivity index (χ0v) is 27.4. The van der Waals surface area contributed by atoms with Crippen LogP contribution in [-0.4, -0.2) is 115 Å². The van der Waals surface area contributed by atoms with Crippen LogP contribution in [0.1, 0.15) is 65.7 Å². The van der Waals surface area contributed by atoms with Gasteiger partial charge in [-0.15, -0.1) is 0 Å². The van der Waals surface area contributed by atoms with E-state index in [2.05, 4.69) is 10.6 Å². The smallest absolute Gasteiger partial charge is 0.408 e. The Balaban J connectivity index is 1.62. The van der Waals surface area contributed by atoms with Gasteiger partial charge in [-0.1, -0.05) is 6.42 Å². The minimum Gasteiger partial charge on any atom is -0.444 e. The van der Waals surface area contributed by atoms with Gasteiger partial charge in [0, 0.05) is 31.7 Å². The van der Waals surface area contributed by atoms with Crippen LogP contribution in [0.15, 0.2) is 0 Å². The Morgan fingerprint density at radius 3 is 2.55 bits per heavy atom. The molecule has 0 radical (unpaired) electrons. The SMILES string of the molecule is COC[C@@H]1CSCCCC[C@H]2C[C@@]2(C(=O)NS(=O)(=O)C2(CF)CC2)NC(=O)[C@@H]2C[C@@H](O)CN2C(=O)[C@H]1NC(=O)OC(C)(C)C. The number of aliphatic hydroxyl groups excluding tert-OH is 1. The van der Waals surface area contributed by atoms with Crippen molar-refractivity contribution >= 4 is 45.6 Å². The van der Waals surface area contributed by atoms with Crippen molar-refractivity contribution in [1.82, 2.24) is 20.3 Å². The van der Waals surface area contributed by atoms with Crippen molar-refractivity contribution in [1.29, 1.82) is 0 Å². The number of hydrogen-bond donors (Lipinski definition) is 4. The largest absolute Gasteiger partial charge is 0.444 e. The monoisotopic (exact) mass is 664 g/mol. The van der Waals surface area contributed by atoms with Gasteiger partial charge in [-0.25, -0.2) is 17.6 Å². The Hall–Kier alpha value is -2.17. The summed E-state index contributed by atoms with van der Waals surface area (Å²) in [5.41, 5.74) is -2.38. The van der Waals surface area contributed by atoms with Crippen molar-refractivity contribution in [3.63, 3.8) is 0 Å². The molecule has 2 saturated heterocycles. The molecular formula is C28H45FN4O9S2. The Kier molecular flexibility index (Phi) is 10.5. The van der Waals surface area contributed by atoms with E-state index in [0.717, 1.165) is 6.42 Å². The molecule has 0 unspecified atom stereocenters. The Morgan fingerprint density at radius 1 is 1.23 bits per heavy atom. The number of aliphatic hydroxyl groups is 1. The molecule has 4 fully saturated rings. The molecule has 0 spiro atoms. The lowest BCUT2D eigenvalue weighted by Gasteiger charge is -2.33. The van der Waals surface area contributed by atoms with Crippen LogP contribution >= 0.6 is 11.8 Å². The molecule has 0 bridgehead atoms. The third-order valence-corrected chi connectivity index (χ3v) is 12.1. The molecule has 0 aromatic rings. The number of alkyl carbamates (subject to hydrolysis) is 1. The number of nitrogens with zero attached hydrogens (tertiary/aromatic N) is 1. The van der Waals surface area contributed by atoms with Crippen LogP contribution < -0.4 is 15.4 Å². The average molecular weight is 665 g/mol. The number of ether oxygens (including phenoxy) is 2. The highest BCUT2D eigenvalue weighted by Gasteiger charge is 2.64. The first-order valence-electron chi connectivity index (χ1n) is 15.1. The molecule has 4 N–H and O–H groups in total. The van der Waals surface area contributed by atoms with Crippen molar-refractivity contribution in [3.05, 3.63) is 0 Å². The molecule has 2 aliphatic heterocycles. The van der Waals surface area contributed by atoms with E-state index in [9.17, 15) is 37.1 Å². The van der Waals surface area contributed by atoms with Crippen molar-refractivity contribution in [2.75, 3.05) is 38.4 Å². The van der Waals surface area contributed by atoms with E-state index in [4.69, 9.17) is 9.47 Å². The van der Waals surface area contributed by atoms with Gasteiger partial charge in [-0.05, 0) is 64.5 Å². The lowest BCUT2D eigenvalue weighted by atomic mass is 10.0. The molecule has 0 aromatic heterocycles. The van der Waals surface area contributed by atoms with E-state index in [1.54, 1.807) is 32.5 Å². The normalized spacial score (nSPS) is 32.7. The summed E-state index contributed by atoms with van der Waals surface area (Å²) in [5, 5.41) is 16.0. The molecule has 44 heavy (non-hydrogen) atoms. The highest BCUT2D eigenvalue weighted by Crippen LogP contribution is 2.49. The van der Waals surface area contributed by atoms with Crippen LogP contribution in [-0.2, 0) is 33.9 Å². The summed E-state index contributed by atoms with van der Waals surface area (Å²) >= 11 is 1.58. The molecule has 2 aliphatic carbocycles. The predicted molar refractivity (Wildman–Crippen MR) is 160 cm³/mol. The van der Waals surface area contributed by atoms with Gasteiger partial charge in [0.1, 0.15) is 34.6 Å². The van der Waals surface area contributed by atoms with Crippen molar-refractivity contribution in [2.45, 2.75) is 99.8 Å². The maximum Gasteiger partial charge on any atom is 0.408 e. The molecule has 13 nitrogen and oxygen atoms in total. The van der Waals surface area contributed by atoms with E-state index in [-0.39, 0.29) is 44.8 Å². The summed E-state index contributed by atoms with van der Waals surface area (Å²) < 4.78 is 50.6. The maximum atomic E-state index is 14.1. The van der Waals surface area contributed by atoms with Crippen LogP contribution in [0.25, 0.3) is 0 Å². The third-order valence-electron chi connectivity index (χ3n) is 8.78. The number of sulfonamides is 1. The van der Waals surface area contributed by atoms with Gasteiger partial charge in [-0.2, -0.15) is 11.8 Å². The number of thioether (sulfide) groups is 1. The topological polar surface area (TPSA) is 180 Å². The summed E-state index contributed by atoms with van der Waals surface area (Å²) in [6.07, 6.45) is 0.413. The lowest BCUT2D eigenvalue weighted by molar-refractivity contribution is -0.142. The summed E-state index contributed by atoms with van der Waals surface area (Å²) in [4.78, 5) is 55.4. The Morgan fingerprint density at radius 2 is 1.93 bits per heavy atom. The highest BCUT2D eigenvalue weighted by atomic mass is 32.2. The number of halogens is 1. The summed E-state index contributed by atoms with van der Waals surface area (Å²) in [5.74, 6) is -1.93. The molecule has 2 heterocycles. The van der Waals surface area contributed by atoms with Crippen LogP contribution in [0, 0.1) is 11.8 Å². The standard InChI is InChI=1S/C28H45FN4O9S2/c1-26(2,3)42-25(38)30-21-17(14-41-4)15-43-10-6-5-7-18-12-28(18,24(37)32-44(39,40)27(16-29)8-9-27)31-22(35)20-11-19(34)13-33(20)23(21)36/h17-21,34H,5-16H2,1-4H3,(H,30,38)(H,31,35)(H,32,37)/t17-,18+,19-,20+,21+,28-/m1/s1. The minimum atomic E-state index is -4.32. The lowest BCUT2D eigenvalue weighted by Crippen LogP contribution is -2.60. The van der Waals surface area contributed by atoms with E-state index in [1.165, 1.54) is 12.0 Å². The summed E-state index contributed by atoms with van der Waals surface area (Å²) in [6.45, 7) is 3.90. The van der Waals surface area contributed by atoms with Gasteiger partial charge in [0.05, 0.1) is 12.7 Å². The van der Waals surface area contributed by atoms with Crippen LogP contribution in [0.3, 0.4) is 0 Å². The molecule has 2 saturated carbocycles. The van der Waals surface area contributed by atoms with E-state index in [1.807, 2.05) is 4.72 Å². The van der Waals surface area contributed by atoms with Crippen LogP contribution in [0.2, 0.25) is 0 Å². The molecule has 4 amide bonds. The molecule has 6 atom stereocenters. The second-order valence-electron chi connectivity index (χ2n) is 13.4. The molecule has 250 valence electrons. The molecule has 16 heteroatoms. The zero-order valence-electron chi connectivity index (χ0n) is 25.7. The quantitative estimate of drug-likeness (QED) is 0.305.